The topological polar surface area (TPSA) is 83.6 Å². The Kier molecular flexibility index (Phi) is 2.72. The molecule has 0 aliphatic heterocycles. The lowest BCUT2D eigenvalue weighted by atomic mass is 10.1. The lowest BCUT2D eigenvalue weighted by Crippen LogP contribution is -1.91. The highest BCUT2D eigenvalue weighted by Gasteiger charge is 2.15. The number of carboxylic acid groups (broad SMARTS) is 1. The number of hydrogen-bond acceptors (Lipinski definition) is 4. The highest BCUT2D eigenvalue weighted by Crippen LogP contribution is 2.32. The molecule has 2 N–H and O–H groups in total. The standard InChI is InChI=1S/C10H5ClFNO4/c11-5-1-4(2-6(12)9(5)14)7-3-8(10(15)16)17-13-7/h1-3,14H,(H,15,16). The number of aromatic carboxylic acids is 1. The Balaban J connectivity index is 2.49. The summed E-state index contributed by atoms with van der Waals surface area (Å²) in [5.74, 6) is -3.25. The van der Waals surface area contributed by atoms with Gasteiger partial charge in [0.25, 0.3) is 0 Å². The molecule has 1 aromatic carbocycles. The van der Waals surface area contributed by atoms with E-state index in [0.717, 1.165) is 12.1 Å². The Labute approximate surface area is 99.0 Å². The van der Waals surface area contributed by atoms with Crippen molar-refractivity contribution in [3.8, 4) is 17.0 Å². The average Bonchev–Trinajstić information content (AvgIpc) is 2.74. The first-order chi connectivity index (χ1) is 7.99. The van der Waals surface area contributed by atoms with Gasteiger partial charge in [-0.05, 0) is 12.1 Å². The highest BCUT2D eigenvalue weighted by atomic mass is 35.5. The zero-order valence-corrected chi connectivity index (χ0v) is 8.90. The van der Waals surface area contributed by atoms with E-state index in [1.165, 1.54) is 6.07 Å². The van der Waals surface area contributed by atoms with Gasteiger partial charge in [-0.1, -0.05) is 16.8 Å². The molecule has 0 amide bonds. The summed E-state index contributed by atoms with van der Waals surface area (Å²) in [4.78, 5) is 10.6. The quantitative estimate of drug-likeness (QED) is 0.864. The summed E-state index contributed by atoms with van der Waals surface area (Å²) in [5, 5.41) is 21.0. The summed E-state index contributed by atoms with van der Waals surface area (Å²) in [5.41, 5.74) is 0.324. The molecular formula is C10H5ClFNO4. The predicted octanol–water partition coefficient (Wildman–Crippen LogP) is 2.54. The van der Waals surface area contributed by atoms with E-state index in [-0.39, 0.29) is 22.0 Å². The van der Waals surface area contributed by atoms with E-state index in [0.29, 0.717) is 0 Å². The van der Waals surface area contributed by atoms with E-state index >= 15 is 0 Å². The third kappa shape index (κ3) is 2.07. The van der Waals surface area contributed by atoms with Crippen molar-refractivity contribution in [3.63, 3.8) is 0 Å². The van der Waals surface area contributed by atoms with Gasteiger partial charge in [0.2, 0.25) is 5.76 Å². The smallest absolute Gasteiger partial charge is 0.374 e. The molecule has 0 unspecified atom stereocenters. The molecule has 7 heteroatoms. The molecule has 0 saturated carbocycles. The number of rotatable bonds is 2. The molecule has 0 radical (unpaired) electrons. The van der Waals surface area contributed by atoms with Crippen LogP contribution in [0.2, 0.25) is 5.02 Å². The summed E-state index contributed by atoms with van der Waals surface area (Å²) in [6.07, 6.45) is 0. The van der Waals surface area contributed by atoms with Gasteiger partial charge in [0.1, 0.15) is 5.69 Å². The molecule has 0 saturated heterocycles. The minimum absolute atomic E-state index is 0.114. The minimum Gasteiger partial charge on any atom is -0.504 e. The minimum atomic E-state index is -1.28. The summed E-state index contributed by atoms with van der Waals surface area (Å²) < 4.78 is 17.7. The molecule has 0 aliphatic carbocycles. The second kappa shape index (κ2) is 4.06. The molecule has 1 aromatic heterocycles. The molecule has 0 bridgehead atoms. The zero-order chi connectivity index (χ0) is 12.6. The molecule has 88 valence electrons. The lowest BCUT2D eigenvalue weighted by Gasteiger charge is -2.01. The van der Waals surface area contributed by atoms with Gasteiger partial charge in [-0.25, -0.2) is 9.18 Å². The number of hydrogen-bond donors (Lipinski definition) is 2. The number of aromatic hydroxyl groups is 1. The Hall–Kier alpha value is -2.08. The molecule has 5 nitrogen and oxygen atoms in total. The number of nitrogens with zero attached hydrogens (tertiary/aromatic N) is 1. The summed E-state index contributed by atoms with van der Waals surface area (Å²) in [6, 6.07) is 3.36. The first kappa shape index (κ1) is 11.4. The van der Waals surface area contributed by atoms with Gasteiger partial charge in [-0.15, -0.1) is 0 Å². The van der Waals surface area contributed by atoms with Crippen molar-refractivity contribution in [2.45, 2.75) is 0 Å². The second-order valence-corrected chi connectivity index (χ2v) is 3.58. The molecule has 2 rings (SSSR count). The number of benzene rings is 1. The fourth-order valence-corrected chi connectivity index (χ4v) is 1.43. The van der Waals surface area contributed by atoms with Crippen LogP contribution in [0.5, 0.6) is 5.75 Å². The van der Waals surface area contributed by atoms with Crippen LogP contribution in [-0.4, -0.2) is 21.3 Å². The Morgan fingerprint density at radius 1 is 1.41 bits per heavy atom. The van der Waals surface area contributed by atoms with Crippen LogP contribution in [-0.2, 0) is 0 Å². The summed E-state index contributed by atoms with van der Waals surface area (Å²) in [6.45, 7) is 0. The van der Waals surface area contributed by atoms with Gasteiger partial charge in [0, 0.05) is 11.6 Å². The second-order valence-electron chi connectivity index (χ2n) is 3.17. The average molecular weight is 258 g/mol. The molecular weight excluding hydrogens is 253 g/mol. The van der Waals surface area contributed by atoms with Gasteiger partial charge >= 0.3 is 5.97 Å². The lowest BCUT2D eigenvalue weighted by molar-refractivity contribution is 0.0652. The van der Waals surface area contributed by atoms with Gasteiger partial charge in [0.15, 0.2) is 11.6 Å². The Morgan fingerprint density at radius 3 is 2.65 bits per heavy atom. The maximum atomic E-state index is 13.2. The van der Waals surface area contributed by atoms with Gasteiger partial charge in [0.05, 0.1) is 5.02 Å². The Morgan fingerprint density at radius 2 is 2.12 bits per heavy atom. The van der Waals surface area contributed by atoms with Crippen LogP contribution in [0.1, 0.15) is 10.6 Å². The van der Waals surface area contributed by atoms with Crippen LogP contribution in [0.25, 0.3) is 11.3 Å². The first-order valence-corrected chi connectivity index (χ1v) is 4.75. The van der Waals surface area contributed by atoms with Crippen molar-refractivity contribution < 1.29 is 23.9 Å². The molecule has 0 spiro atoms. The normalized spacial score (nSPS) is 10.5. The molecule has 2 aromatic rings. The fraction of sp³-hybridized carbons (Fsp3) is 0. The molecule has 17 heavy (non-hydrogen) atoms. The van der Waals surface area contributed by atoms with Crippen molar-refractivity contribution in [3.05, 3.63) is 34.8 Å². The monoisotopic (exact) mass is 257 g/mol. The van der Waals surface area contributed by atoms with Crippen LogP contribution < -0.4 is 0 Å². The van der Waals surface area contributed by atoms with E-state index in [9.17, 15) is 9.18 Å². The SMILES string of the molecule is O=C(O)c1cc(-c2cc(F)c(O)c(Cl)c2)no1. The number of carboxylic acids is 1. The largest absolute Gasteiger partial charge is 0.504 e. The van der Waals surface area contributed by atoms with E-state index in [2.05, 4.69) is 9.68 Å². The molecule has 0 aliphatic rings. The number of carbonyl (C=O) groups is 1. The van der Waals surface area contributed by atoms with Crippen molar-refractivity contribution in [1.29, 1.82) is 0 Å². The van der Waals surface area contributed by atoms with Crippen LogP contribution >= 0.6 is 11.6 Å². The summed E-state index contributed by atoms with van der Waals surface area (Å²) in [7, 11) is 0. The van der Waals surface area contributed by atoms with Crippen LogP contribution in [0.3, 0.4) is 0 Å². The number of phenols is 1. The zero-order valence-electron chi connectivity index (χ0n) is 8.15. The van der Waals surface area contributed by atoms with E-state index in [1.807, 2.05) is 0 Å². The Bertz CT molecular complexity index is 573. The maximum absolute atomic E-state index is 13.2. The van der Waals surface area contributed by atoms with E-state index < -0.39 is 17.5 Å². The fourth-order valence-electron chi connectivity index (χ4n) is 1.23. The van der Waals surface area contributed by atoms with Crippen molar-refractivity contribution in [2.75, 3.05) is 0 Å². The third-order valence-electron chi connectivity index (χ3n) is 2.03. The van der Waals surface area contributed by atoms with Crippen LogP contribution in [0, 0.1) is 5.82 Å². The maximum Gasteiger partial charge on any atom is 0.374 e. The number of halogens is 2. The highest BCUT2D eigenvalue weighted by molar-refractivity contribution is 6.32. The first-order valence-electron chi connectivity index (χ1n) is 4.37. The number of aromatic nitrogens is 1. The number of phenolic OH excluding ortho intramolecular Hbond substituents is 1. The van der Waals surface area contributed by atoms with Crippen molar-refractivity contribution in [1.82, 2.24) is 5.16 Å². The van der Waals surface area contributed by atoms with Crippen LogP contribution in [0.4, 0.5) is 4.39 Å². The summed E-state index contributed by atoms with van der Waals surface area (Å²) >= 11 is 5.57. The van der Waals surface area contributed by atoms with Gasteiger partial charge < -0.3 is 14.7 Å². The van der Waals surface area contributed by atoms with Crippen LogP contribution in [0.15, 0.2) is 22.7 Å². The predicted molar refractivity (Wildman–Crippen MR) is 55.5 cm³/mol. The molecule has 1 heterocycles. The van der Waals surface area contributed by atoms with E-state index in [4.69, 9.17) is 21.8 Å². The molecule has 0 atom stereocenters. The molecule has 0 fully saturated rings. The van der Waals surface area contributed by atoms with Gasteiger partial charge in [-0.3, -0.25) is 0 Å². The van der Waals surface area contributed by atoms with Crippen molar-refractivity contribution >= 4 is 17.6 Å². The van der Waals surface area contributed by atoms with Gasteiger partial charge in [-0.2, -0.15) is 0 Å². The third-order valence-corrected chi connectivity index (χ3v) is 2.32. The van der Waals surface area contributed by atoms with Crippen molar-refractivity contribution in [2.24, 2.45) is 0 Å². The van der Waals surface area contributed by atoms with E-state index in [1.54, 1.807) is 0 Å².